The number of nitrogens with zero attached hydrogens (tertiary/aromatic N) is 2. The average Bonchev–Trinajstić information content (AvgIpc) is 2.97. The van der Waals surface area contributed by atoms with Crippen LogP contribution in [0.15, 0.2) is 35.6 Å². The Bertz CT molecular complexity index is 656. The van der Waals surface area contributed by atoms with E-state index >= 15 is 0 Å². The van der Waals surface area contributed by atoms with E-state index in [1.165, 1.54) is 17.3 Å². The number of hydrogen-bond donors (Lipinski definition) is 2. The number of nitrogens with one attached hydrogen (secondary N) is 1. The summed E-state index contributed by atoms with van der Waals surface area (Å²) in [4.78, 5) is 16.2. The van der Waals surface area contributed by atoms with Gasteiger partial charge in [-0.3, -0.25) is 4.79 Å². The molecule has 0 fully saturated rings. The second kappa shape index (κ2) is 9.46. The molecule has 1 aromatic heterocycles. The predicted octanol–water partition coefficient (Wildman–Crippen LogP) is 1.59. The Kier molecular flexibility index (Phi) is 7.30. The van der Waals surface area contributed by atoms with Gasteiger partial charge < -0.3 is 19.7 Å². The molecule has 1 heterocycles. The van der Waals surface area contributed by atoms with Crippen LogP contribution in [0.25, 0.3) is 0 Å². The Hall–Kier alpha value is -1.83. The van der Waals surface area contributed by atoms with Crippen molar-refractivity contribution in [2.45, 2.75) is 25.2 Å². The van der Waals surface area contributed by atoms with E-state index in [1.54, 1.807) is 7.11 Å². The quantitative estimate of drug-likeness (QED) is 0.531. The molecule has 2 aromatic rings. The zero-order chi connectivity index (χ0) is 17.4. The SMILES string of the molecule is COCCNC(=O)CSc1nc(CO)cn1Cc1ccc(C)cc1. The van der Waals surface area contributed by atoms with Gasteiger partial charge in [-0.1, -0.05) is 41.6 Å². The lowest BCUT2D eigenvalue weighted by atomic mass is 10.1. The molecule has 0 radical (unpaired) electrons. The number of aliphatic hydroxyl groups excluding tert-OH is 1. The van der Waals surface area contributed by atoms with Crippen molar-refractivity contribution in [3.05, 3.63) is 47.3 Å². The van der Waals surface area contributed by atoms with Crippen LogP contribution in [0, 0.1) is 6.92 Å². The molecule has 6 nitrogen and oxygen atoms in total. The topological polar surface area (TPSA) is 76.4 Å². The van der Waals surface area contributed by atoms with E-state index in [0.29, 0.717) is 25.4 Å². The minimum absolute atomic E-state index is 0.0625. The fourth-order valence-electron chi connectivity index (χ4n) is 2.12. The molecule has 0 aliphatic carbocycles. The molecule has 0 spiro atoms. The molecule has 24 heavy (non-hydrogen) atoms. The number of thioether (sulfide) groups is 1. The number of methoxy groups -OCH3 is 1. The van der Waals surface area contributed by atoms with Gasteiger partial charge in [-0.15, -0.1) is 0 Å². The number of aromatic nitrogens is 2. The Morgan fingerprint density at radius 3 is 2.79 bits per heavy atom. The van der Waals surface area contributed by atoms with E-state index in [0.717, 1.165) is 10.7 Å². The molecule has 1 aromatic carbocycles. The maximum atomic E-state index is 11.8. The van der Waals surface area contributed by atoms with Gasteiger partial charge >= 0.3 is 0 Å². The number of rotatable bonds is 9. The molecular weight excluding hydrogens is 326 g/mol. The Labute approximate surface area is 146 Å². The lowest BCUT2D eigenvalue weighted by molar-refractivity contribution is -0.118. The van der Waals surface area contributed by atoms with Crippen molar-refractivity contribution < 1.29 is 14.6 Å². The summed E-state index contributed by atoms with van der Waals surface area (Å²) in [5.74, 6) is 0.215. The number of ether oxygens (including phenoxy) is 1. The van der Waals surface area contributed by atoms with Gasteiger partial charge in [0.1, 0.15) is 0 Å². The zero-order valence-electron chi connectivity index (χ0n) is 14.0. The second-order valence-corrected chi connectivity index (χ2v) is 6.36. The highest BCUT2D eigenvalue weighted by atomic mass is 32.2. The number of carbonyl (C=O) groups excluding carboxylic acids is 1. The molecule has 0 aliphatic heterocycles. The van der Waals surface area contributed by atoms with E-state index in [-0.39, 0.29) is 18.3 Å². The predicted molar refractivity (Wildman–Crippen MR) is 94.0 cm³/mol. The van der Waals surface area contributed by atoms with Crippen LogP contribution in [0.5, 0.6) is 0 Å². The van der Waals surface area contributed by atoms with E-state index in [2.05, 4.69) is 34.6 Å². The van der Waals surface area contributed by atoms with Crippen LogP contribution in [0.4, 0.5) is 0 Å². The van der Waals surface area contributed by atoms with Gasteiger partial charge in [-0.2, -0.15) is 0 Å². The van der Waals surface area contributed by atoms with Gasteiger partial charge in [-0.25, -0.2) is 4.98 Å². The highest BCUT2D eigenvalue weighted by molar-refractivity contribution is 7.99. The van der Waals surface area contributed by atoms with Crippen molar-refractivity contribution in [3.63, 3.8) is 0 Å². The molecule has 130 valence electrons. The third-order valence-electron chi connectivity index (χ3n) is 3.39. The number of aliphatic hydroxyl groups is 1. The molecule has 0 saturated heterocycles. The van der Waals surface area contributed by atoms with E-state index in [9.17, 15) is 9.90 Å². The van der Waals surface area contributed by atoms with Crippen molar-refractivity contribution in [2.75, 3.05) is 26.0 Å². The number of hydrogen-bond acceptors (Lipinski definition) is 5. The maximum Gasteiger partial charge on any atom is 0.230 e. The maximum absolute atomic E-state index is 11.8. The van der Waals surface area contributed by atoms with Gasteiger partial charge in [0.15, 0.2) is 5.16 Å². The van der Waals surface area contributed by atoms with Crippen LogP contribution < -0.4 is 5.32 Å². The fourth-order valence-corrected chi connectivity index (χ4v) is 2.95. The van der Waals surface area contributed by atoms with Gasteiger partial charge in [0.25, 0.3) is 0 Å². The Morgan fingerprint density at radius 2 is 2.12 bits per heavy atom. The first-order valence-electron chi connectivity index (χ1n) is 7.73. The minimum Gasteiger partial charge on any atom is -0.390 e. The van der Waals surface area contributed by atoms with Crippen molar-refractivity contribution in [3.8, 4) is 0 Å². The first kappa shape index (κ1) is 18.5. The lowest BCUT2D eigenvalue weighted by Gasteiger charge is -2.08. The summed E-state index contributed by atoms with van der Waals surface area (Å²) in [6, 6.07) is 8.27. The molecular formula is C17H23N3O3S. The van der Waals surface area contributed by atoms with Crippen molar-refractivity contribution in [2.24, 2.45) is 0 Å². The molecule has 0 unspecified atom stereocenters. The largest absolute Gasteiger partial charge is 0.390 e. The number of amides is 1. The van der Waals surface area contributed by atoms with E-state index in [1.807, 2.05) is 17.7 Å². The van der Waals surface area contributed by atoms with Crippen LogP contribution in [0.3, 0.4) is 0 Å². The number of benzene rings is 1. The summed E-state index contributed by atoms with van der Waals surface area (Å²) < 4.78 is 6.86. The molecule has 2 rings (SSSR count). The molecule has 1 amide bonds. The van der Waals surface area contributed by atoms with Crippen molar-refractivity contribution in [1.82, 2.24) is 14.9 Å². The second-order valence-electron chi connectivity index (χ2n) is 5.42. The van der Waals surface area contributed by atoms with Gasteiger partial charge in [0.05, 0.1) is 24.7 Å². The Balaban J connectivity index is 1.99. The Morgan fingerprint density at radius 1 is 1.38 bits per heavy atom. The van der Waals surface area contributed by atoms with Crippen molar-refractivity contribution >= 4 is 17.7 Å². The highest BCUT2D eigenvalue weighted by Crippen LogP contribution is 2.19. The van der Waals surface area contributed by atoms with E-state index < -0.39 is 0 Å². The van der Waals surface area contributed by atoms with Crippen LogP contribution in [-0.2, 0) is 22.7 Å². The summed E-state index contributed by atoms with van der Waals surface area (Å²) in [5.41, 5.74) is 2.96. The van der Waals surface area contributed by atoms with Crippen molar-refractivity contribution in [1.29, 1.82) is 0 Å². The summed E-state index contributed by atoms with van der Waals surface area (Å²) in [5, 5.41) is 12.8. The standard InChI is InChI=1S/C17H23N3O3S/c1-13-3-5-14(6-4-13)9-20-10-15(11-21)19-17(20)24-12-16(22)18-7-8-23-2/h3-6,10,21H,7-9,11-12H2,1-2H3,(H,18,22). The number of aryl methyl sites for hydroxylation is 1. The van der Waals surface area contributed by atoms with Gasteiger partial charge in [0, 0.05) is 26.4 Å². The third-order valence-corrected chi connectivity index (χ3v) is 4.38. The summed E-state index contributed by atoms with van der Waals surface area (Å²) in [6.07, 6.45) is 1.82. The van der Waals surface area contributed by atoms with Crippen LogP contribution >= 0.6 is 11.8 Å². The monoisotopic (exact) mass is 349 g/mol. The molecule has 0 saturated carbocycles. The average molecular weight is 349 g/mol. The summed E-state index contributed by atoms with van der Waals surface area (Å²) >= 11 is 1.36. The van der Waals surface area contributed by atoms with E-state index in [4.69, 9.17) is 4.74 Å². The summed E-state index contributed by atoms with van der Waals surface area (Å²) in [6.45, 7) is 3.58. The normalized spacial score (nSPS) is 10.8. The molecule has 0 bridgehead atoms. The van der Waals surface area contributed by atoms with Crippen LogP contribution in [-0.4, -0.2) is 46.6 Å². The van der Waals surface area contributed by atoms with Gasteiger partial charge in [-0.05, 0) is 12.5 Å². The summed E-state index contributed by atoms with van der Waals surface area (Å²) in [7, 11) is 1.60. The third kappa shape index (κ3) is 5.67. The lowest BCUT2D eigenvalue weighted by Crippen LogP contribution is -2.28. The minimum atomic E-state index is -0.117. The molecule has 0 atom stereocenters. The highest BCUT2D eigenvalue weighted by Gasteiger charge is 2.11. The number of imidazole rings is 1. The fraction of sp³-hybridized carbons (Fsp3) is 0.412. The number of carbonyl (C=O) groups is 1. The molecule has 2 N–H and O–H groups in total. The first-order chi connectivity index (χ1) is 11.6. The van der Waals surface area contributed by atoms with Gasteiger partial charge in [0.2, 0.25) is 5.91 Å². The van der Waals surface area contributed by atoms with Crippen LogP contribution in [0.1, 0.15) is 16.8 Å². The first-order valence-corrected chi connectivity index (χ1v) is 8.72. The van der Waals surface area contributed by atoms with Crippen LogP contribution in [0.2, 0.25) is 0 Å². The zero-order valence-corrected chi connectivity index (χ0v) is 14.8. The molecule has 0 aliphatic rings. The smallest absolute Gasteiger partial charge is 0.230 e. The molecule has 7 heteroatoms.